The van der Waals surface area contributed by atoms with Crippen molar-refractivity contribution in [2.24, 2.45) is 0 Å². The van der Waals surface area contributed by atoms with Crippen molar-refractivity contribution in [2.75, 3.05) is 13.1 Å². The molecule has 2 saturated heterocycles. The summed E-state index contributed by atoms with van der Waals surface area (Å²) in [5.74, 6) is -0.768. The van der Waals surface area contributed by atoms with Gasteiger partial charge in [-0.2, -0.15) is 5.26 Å². The highest BCUT2D eigenvalue weighted by Crippen LogP contribution is 2.26. The van der Waals surface area contributed by atoms with Gasteiger partial charge in [-0.3, -0.25) is 4.79 Å². The summed E-state index contributed by atoms with van der Waals surface area (Å²) in [6, 6.07) is 1.70. The van der Waals surface area contributed by atoms with Crippen molar-refractivity contribution in [3.05, 3.63) is 0 Å². The van der Waals surface area contributed by atoms with Crippen molar-refractivity contribution in [1.29, 1.82) is 5.26 Å². The fourth-order valence-corrected chi connectivity index (χ4v) is 2.50. The molecule has 5 heteroatoms. The van der Waals surface area contributed by atoms with E-state index in [1.54, 1.807) is 0 Å². The summed E-state index contributed by atoms with van der Waals surface area (Å²) in [5, 5.41) is 21.8. The number of aliphatic carboxylic acids is 1. The van der Waals surface area contributed by atoms with Gasteiger partial charge in [-0.1, -0.05) is 0 Å². The zero-order valence-electron chi connectivity index (χ0n) is 8.59. The highest BCUT2D eigenvalue weighted by atomic mass is 16.4. The number of carboxylic acids is 1. The first-order valence-corrected chi connectivity index (χ1v) is 5.39. The summed E-state index contributed by atoms with van der Waals surface area (Å²) in [5.41, 5.74) is 0. The molecule has 0 unspecified atom stereocenters. The lowest BCUT2D eigenvalue weighted by atomic mass is 10.2. The third-order valence-electron chi connectivity index (χ3n) is 3.21. The number of nitrogens with zero attached hydrogens (tertiary/aromatic N) is 3. The van der Waals surface area contributed by atoms with E-state index in [-0.39, 0.29) is 6.04 Å². The molecule has 2 aliphatic heterocycles. The molecule has 0 aliphatic carbocycles. The van der Waals surface area contributed by atoms with Crippen LogP contribution in [0.3, 0.4) is 0 Å². The maximum Gasteiger partial charge on any atom is 0.322 e. The van der Waals surface area contributed by atoms with Gasteiger partial charge in [0, 0.05) is 13.1 Å². The highest BCUT2D eigenvalue weighted by Gasteiger charge is 2.39. The number of nitriles is 1. The summed E-state index contributed by atoms with van der Waals surface area (Å²) in [4.78, 5) is 11.0. The summed E-state index contributed by atoms with van der Waals surface area (Å²) in [6.45, 7) is 1.59. The molecule has 0 saturated carbocycles. The summed E-state index contributed by atoms with van der Waals surface area (Å²) >= 11 is 0. The van der Waals surface area contributed by atoms with E-state index in [1.165, 1.54) is 0 Å². The average Bonchev–Trinajstić information content (AvgIpc) is 2.85. The molecule has 2 rings (SSSR count). The Morgan fingerprint density at radius 3 is 2.60 bits per heavy atom. The highest BCUT2D eigenvalue weighted by molar-refractivity contribution is 5.73. The fraction of sp³-hybridized carbons (Fsp3) is 0.800. The van der Waals surface area contributed by atoms with Crippen molar-refractivity contribution in [1.82, 2.24) is 10.0 Å². The Morgan fingerprint density at radius 1 is 1.27 bits per heavy atom. The summed E-state index contributed by atoms with van der Waals surface area (Å²) < 4.78 is 0. The lowest BCUT2D eigenvalue weighted by molar-refractivity contribution is -0.149. The van der Waals surface area contributed by atoms with Crippen LogP contribution in [0.1, 0.15) is 25.7 Å². The van der Waals surface area contributed by atoms with Crippen LogP contribution in [0.5, 0.6) is 0 Å². The van der Waals surface area contributed by atoms with Crippen LogP contribution < -0.4 is 0 Å². The lowest BCUT2D eigenvalue weighted by Gasteiger charge is -2.33. The molecule has 2 heterocycles. The van der Waals surface area contributed by atoms with Crippen molar-refractivity contribution in [3.63, 3.8) is 0 Å². The fourth-order valence-electron chi connectivity index (χ4n) is 2.50. The van der Waals surface area contributed by atoms with Crippen LogP contribution in [0, 0.1) is 11.3 Å². The molecule has 0 radical (unpaired) electrons. The van der Waals surface area contributed by atoms with E-state index in [2.05, 4.69) is 6.07 Å². The Balaban J connectivity index is 2.09. The van der Waals surface area contributed by atoms with Gasteiger partial charge in [0.05, 0.1) is 6.07 Å². The average molecular weight is 209 g/mol. The Hall–Kier alpha value is -1.12. The molecule has 0 spiro atoms. The second-order valence-electron chi connectivity index (χ2n) is 4.11. The summed E-state index contributed by atoms with van der Waals surface area (Å²) in [7, 11) is 0. The number of rotatable bonds is 2. The van der Waals surface area contributed by atoms with Crippen molar-refractivity contribution < 1.29 is 9.90 Å². The van der Waals surface area contributed by atoms with E-state index in [0.29, 0.717) is 6.42 Å². The smallest absolute Gasteiger partial charge is 0.322 e. The number of carboxylic acid groups (broad SMARTS) is 1. The van der Waals surface area contributed by atoms with Gasteiger partial charge in [-0.15, -0.1) is 0 Å². The Kier molecular flexibility index (Phi) is 2.89. The summed E-state index contributed by atoms with van der Waals surface area (Å²) in [6.07, 6.45) is 3.45. The number of hydrazine groups is 1. The van der Waals surface area contributed by atoms with Gasteiger partial charge in [0.15, 0.2) is 0 Å². The molecule has 0 aromatic rings. The van der Waals surface area contributed by atoms with Gasteiger partial charge in [0.25, 0.3) is 0 Å². The minimum atomic E-state index is -0.768. The van der Waals surface area contributed by atoms with Gasteiger partial charge < -0.3 is 5.11 Å². The standard InChI is InChI=1S/C10H15N3O2/c11-7-8-3-1-5-12(8)13-6-2-4-9(13)10(14)15/h8-9H,1-6H2,(H,14,15)/t8-,9+/m0/s1. The first-order chi connectivity index (χ1) is 7.24. The van der Waals surface area contributed by atoms with Crippen LogP contribution >= 0.6 is 0 Å². The second kappa shape index (κ2) is 4.17. The molecular formula is C10H15N3O2. The molecule has 82 valence electrons. The molecule has 0 amide bonds. The first kappa shape index (κ1) is 10.4. The predicted octanol–water partition coefficient (Wildman–Crippen LogP) is 0.438. The van der Waals surface area contributed by atoms with Crippen LogP contribution in [0.2, 0.25) is 0 Å². The van der Waals surface area contributed by atoms with Crippen LogP contribution in [-0.2, 0) is 4.79 Å². The Bertz CT molecular complexity index is 300. The zero-order valence-corrected chi connectivity index (χ0v) is 8.59. The van der Waals surface area contributed by atoms with Gasteiger partial charge in [0.1, 0.15) is 12.1 Å². The molecule has 2 fully saturated rings. The van der Waals surface area contributed by atoms with E-state index < -0.39 is 12.0 Å². The number of carbonyl (C=O) groups is 1. The van der Waals surface area contributed by atoms with E-state index in [4.69, 9.17) is 10.4 Å². The minimum absolute atomic E-state index is 0.120. The lowest BCUT2D eigenvalue weighted by Crippen LogP contribution is -2.50. The molecule has 0 aromatic carbocycles. The van der Waals surface area contributed by atoms with E-state index in [9.17, 15) is 4.79 Å². The second-order valence-corrected chi connectivity index (χ2v) is 4.11. The van der Waals surface area contributed by atoms with E-state index in [0.717, 1.165) is 32.4 Å². The minimum Gasteiger partial charge on any atom is -0.480 e. The molecule has 5 nitrogen and oxygen atoms in total. The SMILES string of the molecule is N#C[C@@H]1CCCN1N1CCC[C@@H]1C(=O)O. The monoisotopic (exact) mass is 209 g/mol. The van der Waals surface area contributed by atoms with Crippen LogP contribution in [0.4, 0.5) is 0 Å². The number of hydrogen-bond acceptors (Lipinski definition) is 4. The third kappa shape index (κ3) is 1.83. The first-order valence-electron chi connectivity index (χ1n) is 5.39. The predicted molar refractivity (Wildman–Crippen MR) is 52.7 cm³/mol. The zero-order chi connectivity index (χ0) is 10.8. The Labute approximate surface area is 88.9 Å². The molecular weight excluding hydrogens is 194 g/mol. The molecule has 2 aliphatic rings. The third-order valence-corrected chi connectivity index (χ3v) is 3.21. The molecule has 15 heavy (non-hydrogen) atoms. The maximum absolute atomic E-state index is 11.0. The maximum atomic E-state index is 11.0. The van der Waals surface area contributed by atoms with Crippen molar-refractivity contribution in [2.45, 2.75) is 37.8 Å². The van der Waals surface area contributed by atoms with Gasteiger partial charge in [-0.05, 0) is 25.7 Å². The van der Waals surface area contributed by atoms with Gasteiger partial charge >= 0.3 is 5.97 Å². The van der Waals surface area contributed by atoms with E-state index in [1.807, 2.05) is 10.0 Å². The largest absolute Gasteiger partial charge is 0.480 e. The quantitative estimate of drug-likeness (QED) is 0.714. The van der Waals surface area contributed by atoms with Crippen LogP contribution in [-0.4, -0.2) is 46.3 Å². The van der Waals surface area contributed by atoms with Gasteiger partial charge in [0.2, 0.25) is 0 Å². The van der Waals surface area contributed by atoms with Crippen molar-refractivity contribution >= 4 is 5.97 Å². The normalized spacial score (nSPS) is 33.0. The molecule has 2 atom stereocenters. The number of hydrogen-bond donors (Lipinski definition) is 1. The van der Waals surface area contributed by atoms with Crippen LogP contribution in [0.25, 0.3) is 0 Å². The Morgan fingerprint density at radius 2 is 1.93 bits per heavy atom. The molecule has 0 bridgehead atoms. The van der Waals surface area contributed by atoms with E-state index >= 15 is 0 Å². The van der Waals surface area contributed by atoms with Gasteiger partial charge in [-0.25, -0.2) is 10.0 Å². The van der Waals surface area contributed by atoms with Crippen molar-refractivity contribution in [3.8, 4) is 6.07 Å². The van der Waals surface area contributed by atoms with Crippen LogP contribution in [0.15, 0.2) is 0 Å². The molecule has 1 N–H and O–H groups in total. The topological polar surface area (TPSA) is 67.6 Å². The molecule has 0 aromatic heterocycles.